The third-order valence-electron chi connectivity index (χ3n) is 4.84. The Morgan fingerprint density at radius 2 is 2.00 bits per heavy atom. The fraction of sp³-hybridized carbons (Fsp3) is 0.286. The highest BCUT2D eigenvalue weighted by Gasteiger charge is 2.30. The van der Waals surface area contributed by atoms with E-state index in [1.165, 1.54) is 5.56 Å². The lowest BCUT2D eigenvalue weighted by Gasteiger charge is -2.10. The molecule has 0 spiro atoms. The second-order valence-electron chi connectivity index (χ2n) is 7.21. The van der Waals surface area contributed by atoms with E-state index in [1.807, 2.05) is 30.3 Å². The fourth-order valence-electron chi connectivity index (χ4n) is 3.27. The van der Waals surface area contributed by atoms with Gasteiger partial charge in [-0.15, -0.1) is 10.2 Å². The van der Waals surface area contributed by atoms with Crippen molar-refractivity contribution in [1.29, 1.82) is 0 Å². The Labute approximate surface area is 177 Å². The van der Waals surface area contributed by atoms with Crippen molar-refractivity contribution in [2.45, 2.75) is 43.3 Å². The van der Waals surface area contributed by atoms with Crippen molar-refractivity contribution >= 4 is 29.0 Å². The van der Waals surface area contributed by atoms with Crippen LogP contribution in [0.25, 0.3) is 5.65 Å². The lowest BCUT2D eigenvalue weighted by Crippen LogP contribution is -2.07. The molecule has 0 bridgehead atoms. The molecule has 29 heavy (non-hydrogen) atoms. The number of benzene rings is 1. The van der Waals surface area contributed by atoms with E-state index in [2.05, 4.69) is 44.5 Å². The minimum atomic E-state index is 0.349. The van der Waals surface area contributed by atoms with E-state index in [9.17, 15) is 0 Å². The van der Waals surface area contributed by atoms with E-state index in [4.69, 9.17) is 21.3 Å². The van der Waals surface area contributed by atoms with Crippen LogP contribution in [0.3, 0.4) is 0 Å². The second kappa shape index (κ2) is 7.72. The first-order chi connectivity index (χ1) is 14.2. The molecular weight excluding hydrogens is 406 g/mol. The van der Waals surface area contributed by atoms with Gasteiger partial charge < -0.3 is 9.14 Å². The van der Waals surface area contributed by atoms with Crippen LogP contribution in [-0.2, 0) is 12.4 Å². The first-order valence-electron chi connectivity index (χ1n) is 9.55. The SMILES string of the molecule is Cc1ccc2nc(CSc3nnc(COc4ccccc4Cl)n3C3CC3)cn2c1. The predicted octanol–water partition coefficient (Wildman–Crippen LogP) is 5.09. The molecule has 0 saturated heterocycles. The van der Waals surface area contributed by atoms with Crippen LogP contribution in [0.15, 0.2) is 53.9 Å². The largest absolute Gasteiger partial charge is 0.484 e. The topological polar surface area (TPSA) is 57.2 Å². The standard InChI is InChI=1S/C21H20ClN5OS/c1-14-6-9-19-23-15(11-26(19)10-14)13-29-21-25-24-20(27(21)16-7-8-16)12-28-18-5-3-2-4-17(18)22/h2-6,9-11,16H,7-8,12-13H2,1H3. The molecule has 6 nitrogen and oxygen atoms in total. The average Bonchev–Trinajstić information content (AvgIpc) is 3.34. The van der Waals surface area contributed by atoms with Crippen molar-refractivity contribution in [2.24, 2.45) is 0 Å². The molecule has 0 radical (unpaired) electrons. The zero-order valence-corrected chi connectivity index (χ0v) is 17.5. The van der Waals surface area contributed by atoms with Gasteiger partial charge in [-0.1, -0.05) is 41.6 Å². The molecule has 1 saturated carbocycles. The summed E-state index contributed by atoms with van der Waals surface area (Å²) in [6, 6.07) is 12.1. The van der Waals surface area contributed by atoms with Gasteiger partial charge in [0.05, 0.1) is 10.7 Å². The van der Waals surface area contributed by atoms with E-state index >= 15 is 0 Å². The summed E-state index contributed by atoms with van der Waals surface area (Å²) in [5, 5.41) is 10.3. The molecule has 1 aliphatic rings. The van der Waals surface area contributed by atoms with Crippen molar-refractivity contribution in [3.63, 3.8) is 0 Å². The number of hydrogen-bond donors (Lipinski definition) is 0. The molecule has 0 N–H and O–H groups in total. The van der Waals surface area contributed by atoms with Crippen molar-refractivity contribution in [3.8, 4) is 5.75 Å². The number of pyridine rings is 1. The van der Waals surface area contributed by atoms with Crippen molar-refractivity contribution in [3.05, 3.63) is 70.9 Å². The Kier molecular flexibility index (Phi) is 4.93. The summed E-state index contributed by atoms with van der Waals surface area (Å²) in [5.41, 5.74) is 3.20. The predicted molar refractivity (Wildman–Crippen MR) is 114 cm³/mol. The van der Waals surface area contributed by atoms with Crippen molar-refractivity contribution in [2.75, 3.05) is 0 Å². The Bertz CT molecular complexity index is 1170. The van der Waals surface area contributed by atoms with E-state index in [0.717, 1.165) is 40.9 Å². The van der Waals surface area contributed by atoms with Crippen molar-refractivity contribution < 1.29 is 4.74 Å². The van der Waals surface area contributed by atoms with Crippen LogP contribution < -0.4 is 4.74 Å². The van der Waals surface area contributed by atoms with Crippen LogP contribution >= 0.6 is 23.4 Å². The van der Waals surface area contributed by atoms with Gasteiger partial charge >= 0.3 is 0 Å². The van der Waals surface area contributed by atoms with Gasteiger partial charge in [0.2, 0.25) is 0 Å². The molecule has 0 amide bonds. The number of ether oxygens (including phenoxy) is 1. The molecule has 3 aromatic heterocycles. The first-order valence-corrected chi connectivity index (χ1v) is 10.9. The van der Waals surface area contributed by atoms with Gasteiger partial charge in [0, 0.05) is 24.2 Å². The van der Waals surface area contributed by atoms with Gasteiger partial charge in [-0.05, 0) is 43.5 Å². The number of halogens is 1. The molecule has 0 aliphatic heterocycles. The number of nitrogens with zero attached hydrogens (tertiary/aromatic N) is 5. The van der Waals surface area contributed by atoms with Gasteiger partial charge in [-0.25, -0.2) is 4.98 Å². The Morgan fingerprint density at radius 3 is 2.83 bits per heavy atom. The molecule has 148 valence electrons. The summed E-state index contributed by atoms with van der Waals surface area (Å²) in [6.45, 7) is 2.43. The monoisotopic (exact) mass is 425 g/mol. The summed E-state index contributed by atoms with van der Waals surface area (Å²) in [6.07, 6.45) is 6.47. The summed E-state index contributed by atoms with van der Waals surface area (Å²) in [7, 11) is 0. The van der Waals surface area contributed by atoms with E-state index < -0.39 is 0 Å². The lowest BCUT2D eigenvalue weighted by molar-refractivity contribution is 0.288. The number of hydrogen-bond acceptors (Lipinski definition) is 5. The molecule has 3 heterocycles. The van der Waals surface area contributed by atoms with Gasteiger partial charge in [-0.3, -0.25) is 4.57 Å². The Balaban J connectivity index is 1.31. The molecular formula is C21H20ClN5OS. The normalized spacial score (nSPS) is 13.9. The Morgan fingerprint density at radius 1 is 1.14 bits per heavy atom. The third kappa shape index (κ3) is 3.97. The molecule has 0 atom stereocenters. The van der Waals surface area contributed by atoms with E-state index in [0.29, 0.717) is 23.4 Å². The highest BCUT2D eigenvalue weighted by molar-refractivity contribution is 7.98. The highest BCUT2D eigenvalue weighted by atomic mass is 35.5. The number of aromatic nitrogens is 5. The third-order valence-corrected chi connectivity index (χ3v) is 6.13. The molecule has 0 unspecified atom stereocenters. The smallest absolute Gasteiger partial charge is 0.191 e. The summed E-state index contributed by atoms with van der Waals surface area (Å²) in [4.78, 5) is 4.70. The number of aryl methyl sites for hydroxylation is 1. The van der Waals surface area contributed by atoms with Crippen LogP contribution in [-0.4, -0.2) is 24.1 Å². The maximum atomic E-state index is 6.19. The van der Waals surface area contributed by atoms with Crippen molar-refractivity contribution in [1.82, 2.24) is 24.1 Å². The Hall–Kier alpha value is -2.51. The summed E-state index contributed by atoms with van der Waals surface area (Å²) >= 11 is 7.86. The molecule has 1 aromatic carbocycles. The molecule has 5 rings (SSSR count). The summed E-state index contributed by atoms with van der Waals surface area (Å²) < 4.78 is 10.2. The van der Waals surface area contributed by atoms with E-state index in [1.54, 1.807) is 11.8 Å². The summed E-state index contributed by atoms with van der Waals surface area (Å²) in [5.74, 6) is 2.24. The van der Waals surface area contributed by atoms with Gasteiger partial charge in [0.1, 0.15) is 18.0 Å². The highest BCUT2D eigenvalue weighted by Crippen LogP contribution is 2.39. The van der Waals surface area contributed by atoms with Crippen LogP contribution in [0, 0.1) is 6.92 Å². The zero-order chi connectivity index (χ0) is 19.8. The minimum absolute atomic E-state index is 0.349. The maximum Gasteiger partial charge on any atom is 0.191 e. The van der Waals surface area contributed by atoms with Gasteiger partial charge in [-0.2, -0.15) is 0 Å². The van der Waals surface area contributed by atoms with Gasteiger partial charge in [0.15, 0.2) is 11.0 Å². The molecule has 1 fully saturated rings. The molecule has 4 aromatic rings. The average molecular weight is 426 g/mol. The molecule has 1 aliphatic carbocycles. The maximum absolute atomic E-state index is 6.19. The number of para-hydroxylation sites is 1. The number of rotatable bonds is 7. The van der Waals surface area contributed by atoms with Gasteiger partial charge in [0.25, 0.3) is 0 Å². The quantitative estimate of drug-likeness (QED) is 0.386. The molecule has 8 heteroatoms. The second-order valence-corrected chi connectivity index (χ2v) is 8.56. The van der Waals surface area contributed by atoms with Crippen LogP contribution in [0.4, 0.5) is 0 Å². The van der Waals surface area contributed by atoms with Crippen LogP contribution in [0.2, 0.25) is 5.02 Å². The minimum Gasteiger partial charge on any atom is -0.484 e. The lowest BCUT2D eigenvalue weighted by atomic mass is 10.3. The number of imidazole rings is 1. The van der Waals surface area contributed by atoms with E-state index in [-0.39, 0.29) is 0 Å². The number of thioether (sulfide) groups is 1. The van der Waals surface area contributed by atoms with Crippen LogP contribution in [0.1, 0.15) is 36.0 Å². The number of fused-ring (bicyclic) bond motifs is 1. The zero-order valence-electron chi connectivity index (χ0n) is 16.0. The van der Waals surface area contributed by atoms with Crippen LogP contribution in [0.5, 0.6) is 5.75 Å². The first kappa shape index (κ1) is 18.5. The fourth-order valence-corrected chi connectivity index (χ4v) is 4.37.